The van der Waals surface area contributed by atoms with Crippen LogP contribution < -0.4 is 0 Å². The minimum atomic E-state index is 0.516. The molecule has 19 heavy (non-hydrogen) atoms. The van der Waals surface area contributed by atoms with Gasteiger partial charge in [0.15, 0.2) is 5.82 Å². The smallest absolute Gasteiger partial charge is 0.151 e. The Balaban J connectivity index is 2.32. The Bertz CT molecular complexity index is 776. The van der Waals surface area contributed by atoms with Gasteiger partial charge in [-0.2, -0.15) is 5.10 Å². The van der Waals surface area contributed by atoms with E-state index < -0.39 is 0 Å². The van der Waals surface area contributed by atoms with E-state index in [1.54, 1.807) is 12.3 Å². The molecule has 2 aromatic heterocycles. The average molecular weight is 271 g/mol. The highest BCUT2D eigenvalue weighted by atomic mass is 35.5. The fourth-order valence-corrected chi connectivity index (χ4v) is 2.24. The molecule has 0 N–H and O–H groups in total. The number of rotatable bonds is 2. The Labute approximate surface area is 115 Å². The predicted octanol–water partition coefficient (Wildman–Crippen LogP) is 3.33. The van der Waals surface area contributed by atoms with Gasteiger partial charge in [-0.1, -0.05) is 30.3 Å². The van der Waals surface area contributed by atoms with E-state index in [0.29, 0.717) is 16.5 Å². The van der Waals surface area contributed by atoms with Gasteiger partial charge in [-0.05, 0) is 12.1 Å². The van der Waals surface area contributed by atoms with E-state index >= 15 is 0 Å². The SMILES string of the molecule is C=Cc1ncc(Cl)c(-c2cccc3c2cnn3C)n1. The van der Waals surface area contributed by atoms with E-state index in [-0.39, 0.29) is 0 Å². The van der Waals surface area contributed by atoms with Crippen molar-refractivity contribution >= 4 is 28.6 Å². The zero-order chi connectivity index (χ0) is 13.4. The van der Waals surface area contributed by atoms with Crippen LogP contribution in [0.5, 0.6) is 0 Å². The molecule has 0 amide bonds. The fraction of sp³-hybridized carbons (Fsp3) is 0.0714. The van der Waals surface area contributed by atoms with Crippen LogP contribution in [0.4, 0.5) is 0 Å². The molecular weight excluding hydrogens is 260 g/mol. The van der Waals surface area contributed by atoms with Crippen LogP contribution in [0.15, 0.2) is 37.2 Å². The molecule has 4 nitrogen and oxygen atoms in total. The zero-order valence-corrected chi connectivity index (χ0v) is 11.1. The number of aryl methyl sites for hydroxylation is 1. The molecule has 3 aromatic rings. The maximum atomic E-state index is 6.21. The van der Waals surface area contributed by atoms with E-state index in [4.69, 9.17) is 11.6 Å². The molecule has 0 saturated carbocycles. The van der Waals surface area contributed by atoms with Crippen LogP contribution in [0.3, 0.4) is 0 Å². The summed E-state index contributed by atoms with van der Waals surface area (Å²) in [6.07, 6.45) is 5.01. The van der Waals surface area contributed by atoms with Gasteiger partial charge in [-0.3, -0.25) is 4.68 Å². The van der Waals surface area contributed by atoms with Gasteiger partial charge < -0.3 is 0 Å². The standard InChI is InChI=1S/C14H11ClN4/c1-3-13-16-8-11(15)14(18-13)9-5-4-6-12-10(9)7-17-19(12)2/h3-8H,1H2,2H3. The molecule has 0 aliphatic heterocycles. The first kappa shape index (κ1) is 11.9. The summed E-state index contributed by atoms with van der Waals surface area (Å²) in [6, 6.07) is 5.95. The third-order valence-corrected chi connectivity index (χ3v) is 3.27. The van der Waals surface area contributed by atoms with Crippen LogP contribution in [0, 0.1) is 0 Å². The Kier molecular flexibility index (Phi) is 2.80. The molecule has 3 rings (SSSR count). The second-order valence-electron chi connectivity index (χ2n) is 4.14. The number of hydrogen-bond donors (Lipinski definition) is 0. The van der Waals surface area contributed by atoms with Crippen molar-refractivity contribution < 1.29 is 0 Å². The predicted molar refractivity (Wildman–Crippen MR) is 76.8 cm³/mol. The molecule has 2 heterocycles. The highest BCUT2D eigenvalue weighted by molar-refractivity contribution is 6.33. The maximum absolute atomic E-state index is 6.21. The molecule has 0 aliphatic rings. The molecule has 0 spiro atoms. The van der Waals surface area contributed by atoms with Crippen LogP contribution in [0.25, 0.3) is 28.2 Å². The van der Waals surface area contributed by atoms with Gasteiger partial charge in [0, 0.05) is 18.0 Å². The molecule has 0 atom stereocenters. The lowest BCUT2D eigenvalue weighted by Gasteiger charge is -2.06. The summed E-state index contributed by atoms with van der Waals surface area (Å²) in [6.45, 7) is 3.68. The van der Waals surface area contributed by atoms with Gasteiger partial charge in [0.2, 0.25) is 0 Å². The van der Waals surface area contributed by atoms with Gasteiger partial charge in [0.1, 0.15) is 0 Å². The molecule has 5 heteroatoms. The average Bonchev–Trinajstić information content (AvgIpc) is 2.81. The lowest BCUT2D eigenvalue weighted by molar-refractivity contribution is 0.797. The van der Waals surface area contributed by atoms with Crippen LogP contribution in [-0.2, 0) is 7.05 Å². The van der Waals surface area contributed by atoms with Gasteiger partial charge in [0.05, 0.1) is 28.6 Å². The summed E-state index contributed by atoms with van der Waals surface area (Å²) >= 11 is 6.21. The van der Waals surface area contributed by atoms with Gasteiger partial charge >= 0.3 is 0 Å². The number of halogens is 1. The first-order valence-corrected chi connectivity index (χ1v) is 6.14. The van der Waals surface area contributed by atoms with Crippen molar-refractivity contribution in [2.45, 2.75) is 0 Å². The lowest BCUT2D eigenvalue weighted by atomic mass is 10.1. The summed E-state index contributed by atoms with van der Waals surface area (Å²) < 4.78 is 1.82. The quantitative estimate of drug-likeness (QED) is 0.717. The number of hydrogen-bond acceptors (Lipinski definition) is 3. The van der Waals surface area contributed by atoms with Gasteiger partial charge in [-0.15, -0.1) is 0 Å². The summed E-state index contributed by atoms with van der Waals surface area (Å²) in [5.41, 5.74) is 2.68. The normalized spacial score (nSPS) is 10.8. The molecule has 0 bridgehead atoms. The van der Waals surface area contributed by atoms with E-state index in [1.807, 2.05) is 36.1 Å². The summed E-state index contributed by atoms with van der Waals surface area (Å²) in [4.78, 5) is 8.51. The molecule has 0 fully saturated rings. The Morgan fingerprint density at radius 3 is 2.95 bits per heavy atom. The second kappa shape index (κ2) is 4.48. The second-order valence-corrected chi connectivity index (χ2v) is 4.54. The molecule has 1 aromatic carbocycles. The Morgan fingerprint density at radius 1 is 1.32 bits per heavy atom. The van der Waals surface area contributed by atoms with Gasteiger partial charge in [-0.25, -0.2) is 9.97 Å². The number of aromatic nitrogens is 4. The minimum absolute atomic E-state index is 0.516. The first-order chi connectivity index (χ1) is 9.20. The number of nitrogens with zero attached hydrogens (tertiary/aromatic N) is 4. The third-order valence-electron chi connectivity index (χ3n) is 2.99. The van der Waals surface area contributed by atoms with E-state index in [0.717, 1.165) is 16.5 Å². The van der Waals surface area contributed by atoms with Crippen molar-refractivity contribution in [2.24, 2.45) is 7.05 Å². The maximum Gasteiger partial charge on any atom is 0.151 e. The van der Waals surface area contributed by atoms with Crippen LogP contribution >= 0.6 is 11.6 Å². The van der Waals surface area contributed by atoms with Crippen molar-refractivity contribution in [3.63, 3.8) is 0 Å². The number of fused-ring (bicyclic) bond motifs is 1. The summed E-state index contributed by atoms with van der Waals surface area (Å²) in [5, 5.41) is 5.79. The molecule has 94 valence electrons. The van der Waals surface area contributed by atoms with Crippen molar-refractivity contribution in [3.8, 4) is 11.3 Å². The molecule has 0 unspecified atom stereocenters. The van der Waals surface area contributed by atoms with E-state index in [1.165, 1.54) is 0 Å². The third kappa shape index (κ3) is 1.90. The molecule has 0 saturated heterocycles. The van der Waals surface area contributed by atoms with Crippen LogP contribution in [0.2, 0.25) is 5.02 Å². The zero-order valence-electron chi connectivity index (χ0n) is 10.3. The minimum Gasteiger partial charge on any atom is -0.268 e. The highest BCUT2D eigenvalue weighted by Crippen LogP contribution is 2.31. The topological polar surface area (TPSA) is 43.6 Å². The number of benzene rings is 1. The highest BCUT2D eigenvalue weighted by Gasteiger charge is 2.12. The van der Waals surface area contributed by atoms with Crippen LogP contribution in [0.1, 0.15) is 5.82 Å². The van der Waals surface area contributed by atoms with E-state index in [9.17, 15) is 0 Å². The van der Waals surface area contributed by atoms with Crippen molar-refractivity contribution in [2.75, 3.05) is 0 Å². The largest absolute Gasteiger partial charge is 0.268 e. The fourth-order valence-electron chi connectivity index (χ4n) is 2.05. The van der Waals surface area contributed by atoms with E-state index in [2.05, 4.69) is 21.6 Å². The Hall–Kier alpha value is -2.20. The Morgan fingerprint density at radius 2 is 2.16 bits per heavy atom. The molecule has 0 aliphatic carbocycles. The van der Waals surface area contributed by atoms with Crippen molar-refractivity contribution in [3.05, 3.63) is 48.0 Å². The summed E-state index contributed by atoms with van der Waals surface area (Å²) in [7, 11) is 1.91. The monoisotopic (exact) mass is 270 g/mol. The molecular formula is C14H11ClN4. The van der Waals surface area contributed by atoms with Crippen molar-refractivity contribution in [1.82, 2.24) is 19.7 Å². The summed E-state index contributed by atoms with van der Waals surface area (Å²) in [5.74, 6) is 0.556. The lowest BCUT2D eigenvalue weighted by Crippen LogP contribution is -1.93. The molecule has 0 radical (unpaired) electrons. The van der Waals surface area contributed by atoms with Gasteiger partial charge in [0.25, 0.3) is 0 Å². The van der Waals surface area contributed by atoms with Crippen molar-refractivity contribution in [1.29, 1.82) is 0 Å². The first-order valence-electron chi connectivity index (χ1n) is 5.77. The van der Waals surface area contributed by atoms with Crippen LogP contribution in [-0.4, -0.2) is 19.7 Å².